The third kappa shape index (κ3) is 5.18. The van der Waals surface area contributed by atoms with E-state index in [1.807, 2.05) is 5.32 Å². The first kappa shape index (κ1) is 11.9. The Morgan fingerprint density at radius 3 is 2.15 bits per heavy atom. The highest BCUT2D eigenvalue weighted by Crippen LogP contribution is 1.93. The highest BCUT2D eigenvalue weighted by atomic mass is 79.9. The summed E-state index contributed by atoms with van der Waals surface area (Å²) in [4.78, 5) is 31.2. The van der Waals surface area contributed by atoms with Crippen LogP contribution in [0.15, 0.2) is 0 Å². The molecule has 0 unspecified atom stereocenters. The molecular formula is C6H8BrNO5. The predicted octanol–water partition coefficient (Wildman–Crippen LogP) is -0.575. The summed E-state index contributed by atoms with van der Waals surface area (Å²) in [5, 5.41) is 18.7. The van der Waals surface area contributed by atoms with Gasteiger partial charge in [0.15, 0.2) is 0 Å². The fourth-order valence-electron chi connectivity index (χ4n) is 0.608. The van der Waals surface area contributed by atoms with E-state index in [0.29, 0.717) is 0 Å². The summed E-state index contributed by atoms with van der Waals surface area (Å²) in [6, 6.07) is -1.37. The first-order valence-electron chi connectivity index (χ1n) is 3.27. The van der Waals surface area contributed by atoms with Crippen LogP contribution in [0.2, 0.25) is 0 Å². The second-order valence-electron chi connectivity index (χ2n) is 2.19. The van der Waals surface area contributed by atoms with Gasteiger partial charge in [0, 0.05) is 0 Å². The predicted molar refractivity (Wildman–Crippen MR) is 45.6 cm³/mol. The van der Waals surface area contributed by atoms with Crippen LogP contribution >= 0.6 is 15.9 Å². The maximum Gasteiger partial charge on any atom is 0.326 e. The number of carboxylic acid groups (broad SMARTS) is 2. The molecule has 0 aliphatic heterocycles. The van der Waals surface area contributed by atoms with E-state index < -0.39 is 30.3 Å². The van der Waals surface area contributed by atoms with Gasteiger partial charge in [-0.25, -0.2) is 4.79 Å². The Kier molecular flexibility index (Phi) is 5.05. The van der Waals surface area contributed by atoms with Gasteiger partial charge < -0.3 is 15.5 Å². The van der Waals surface area contributed by atoms with Crippen molar-refractivity contribution < 1.29 is 24.6 Å². The van der Waals surface area contributed by atoms with Gasteiger partial charge in [-0.15, -0.1) is 0 Å². The standard InChI is InChI=1S/C6H8BrNO5/c7-2-4(9)8-3(6(12)13)1-5(10)11/h3H,1-2H2,(H,8,9)(H,10,11)(H,12,13)/t3-/m0/s1. The molecule has 0 spiro atoms. The van der Waals surface area contributed by atoms with E-state index in [2.05, 4.69) is 15.9 Å². The lowest BCUT2D eigenvalue weighted by molar-refractivity contribution is -0.147. The van der Waals surface area contributed by atoms with Gasteiger partial charge in [-0.2, -0.15) is 0 Å². The van der Waals surface area contributed by atoms with Crippen molar-refractivity contribution in [2.75, 3.05) is 5.33 Å². The number of amides is 1. The average Bonchev–Trinajstić information content (AvgIpc) is 2.02. The van der Waals surface area contributed by atoms with E-state index in [4.69, 9.17) is 10.2 Å². The van der Waals surface area contributed by atoms with Crippen molar-refractivity contribution in [3.05, 3.63) is 0 Å². The second-order valence-corrected chi connectivity index (χ2v) is 2.75. The van der Waals surface area contributed by atoms with E-state index in [-0.39, 0.29) is 5.33 Å². The van der Waals surface area contributed by atoms with Crippen LogP contribution in [-0.2, 0) is 14.4 Å². The Balaban J connectivity index is 4.18. The third-order valence-corrected chi connectivity index (χ3v) is 1.64. The molecule has 0 aliphatic carbocycles. The number of carbonyl (C=O) groups excluding carboxylic acids is 1. The van der Waals surface area contributed by atoms with Gasteiger partial charge in [-0.1, -0.05) is 15.9 Å². The maximum atomic E-state index is 10.7. The molecule has 0 saturated heterocycles. The molecule has 6 nitrogen and oxygen atoms in total. The number of halogens is 1. The largest absolute Gasteiger partial charge is 0.481 e. The number of rotatable bonds is 5. The number of hydrogen-bond acceptors (Lipinski definition) is 3. The van der Waals surface area contributed by atoms with Gasteiger partial charge in [0.2, 0.25) is 5.91 Å². The fraction of sp³-hybridized carbons (Fsp3) is 0.500. The Labute approximate surface area is 82.1 Å². The van der Waals surface area contributed by atoms with Gasteiger partial charge in [0.25, 0.3) is 0 Å². The lowest BCUT2D eigenvalue weighted by atomic mass is 10.2. The first-order valence-corrected chi connectivity index (χ1v) is 4.39. The molecule has 0 aromatic rings. The Morgan fingerprint density at radius 1 is 1.31 bits per heavy atom. The van der Waals surface area contributed by atoms with Crippen molar-refractivity contribution in [1.29, 1.82) is 0 Å². The number of nitrogens with one attached hydrogen (secondary N) is 1. The molecule has 0 saturated carbocycles. The van der Waals surface area contributed by atoms with Gasteiger partial charge in [-0.3, -0.25) is 9.59 Å². The minimum absolute atomic E-state index is 0.0591. The smallest absolute Gasteiger partial charge is 0.326 e. The van der Waals surface area contributed by atoms with Gasteiger partial charge >= 0.3 is 11.9 Å². The van der Waals surface area contributed by atoms with Gasteiger partial charge in [0.1, 0.15) is 6.04 Å². The fourth-order valence-corrected chi connectivity index (χ4v) is 0.769. The van der Waals surface area contributed by atoms with E-state index in [0.717, 1.165) is 0 Å². The SMILES string of the molecule is O=C(O)C[C@H](NC(=O)CBr)C(=O)O. The quantitative estimate of drug-likeness (QED) is 0.570. The average molecular weight is 254 g/mol. The van der Waals surface area contributed by atoms with Crippen LogP contribution in [0.1, 0.15) is 6.42 Å². The Bertz CT molecular complexity index is 229. The summed E-state index contributed by atoms with van der Waals surface area (Å²) < 4.78 is 0. The Morgan fingerprint density at radius 2 is 1.85 bits per heavy atom. The molecule has 0 aromatic carbocycles. The van der Waals surface area contributed by atoms with E-state index >= 15 is 0 Å². The molecule has 1 atom stereocenters. The minimum atomic E-state index is -1.37. The highest BCUT2D eigenvalue weighted by molar-refractivity contribution is 9.09. The van der Waals surface area contributed by atoms with Gasteiger partial charge in [-0.05, 0) is 0 Å². The molecule has 1 amide bonds. The van der Waals surface area contributed by atoms with Crippen molar-refractivity contribution in [2.24, 2.45) is 0 Å². The maximum absolute atomic E-state index is 10.7. The zero-order valence-electron chi connectivity index (χ0n) is 6.49. The monoisotopic (exact) mass is 253 g/mol. The van der Waals surface area contributed by atoms with Crippen LogP contribution < -0.4 is 5.32 Å². The molecule has 3 N–H and O–H groups in total. The zero-order chi connectivity index (χ0) is 10.4. The molecule has 0 fully saturated rings. The number of aliphatic carboxylic acids is 2. The molecule has 0 radical (unpaired) electrons. The third-order valence-electron chi connectivity index (χ3n) is 1.13. The van der Waals surface area contributed by atoms with Crippen LogP contribution in [0.5, 0.6) is 0 Å². The topological polar surface area (TPSA) is 104 Å². The number of carbonyl (C=O) groups is 3. The number of carboxylic acids is 2. The molecule has 74 valence electrons. The Hall–Kier alpha value is -1.11. The lowest BCUT2D eigenvalue weighted by Gasteiger charge is -2.10. The molecule has 0 heterocycles. The van der Waals surface area contributed by atoms with E-state index in [1.165, 1.54) is 0 Å². The summed E-state index contributed by atoms with van der Waals surface area (Å²) in [6.07, 6.45) is -0.631. The normalized spacial score (nSPS) is 11.8. The molecule has 0 aliphatic rings. The summed E-state index contributed by atoms with van der Waals surface area (Å²) >= 11 is 2.81. The number of hydrogen-bond donors (Lipinski definition) is 3. The number of alkyl halides is 1. The summed E-state index contributed by atoms with van der Waals surface area (Å²) in [5.41, 5.74) is 0. The van der Waals surface area contributed by atoms with Gasteiger partial charge in [0.05, 0.1) is 11.8 Å². The van der Waals surface area contributed by atoms with Crippen LogP contribution in [0.3, 0.4) is 0 Å². The molecule has 0 rings (SSSR count). The lowest BCUT2D eigenvalue weighted by Crippen LogP contribution is -2.42. The molecule has 13 heavy (non-hydrogen) atoms. The highest BCUT2D eigenvalue weighted by Gasteiger charge is 2.22. The molecular weight excluding hydrogens is 246 g/mol. The van der Waals surface area contributed by atoms with Crippen molar-refractivity contribution in [3.63, 3.8) is 0 Å². The molecule has 0 bridgehead atoms. The molecule has 7 heteroatoms. The van der Waals surface area contributed by atoms with Crippen molar-refractivity contribution >= 4 is 33.8 Å². The molecule has 0 aromatic heterocycles. The van der Waals surface area contributed by atoms with Crippen molar-refractivity contribution in [3.8, 4) is 0 Å². The van der Waals surface area contributed by atoms with Crippen molar-refractivity contribution in [1.82, 2.24) is 5.32 Å². The van der Waals surface area contributed by atoms with Crippen LogP contribution in [0.4, 0.5) is 0 Å². The summed E-state index contributed by atoms with van der Waals surface area (Å²) in [5.74, 6) is -3.20. The van der Waals surface area contributed by atoms with Crippen LogP contribution in [0.25, 0.3) is 0 Å². The minimum Gasteiger partial charge on any atom is -0.481 e. The van der Waals surface area contributed by atoms with Crippen LogP contribution in [-0.4, -0.2) is 39.4 Å². The van der Waals surface area contributed by atoms with E-state index in [9.17, 15) is 14.4 Å². The van der Waals surface area contributed by atoms with Crippen LogP contribution in [0, 0.1) is 0 Å². The summed E-state index contributed by atoms with van der Waals surface area (Å²) in [6.45, 7) is 0. The zero-order valence-corrected chi connectivity index (χ0v) is 8.07. The van der Waals surface area contributed by atoms with E-state index in [1.54, 1.807) is 0 Å². The summed E-state index contributed by atoms with van der Waals surface area (Å²) in [7, 11) is 0. The van der Waals surface area contributed by atoms with Crippen molar-refractivity contribution in [2.45, 2.75) is 12.5 Å². The second kappa shape index (κ2) is 5.52. The first-order chi connectivity index (χ1) is 5.97.